The summed E-state index contributed by atoms with van der Waals surface area (Å²) in [5.41, 5.74) is 1.22. The Bertz CT molecular complexity index is 1330. The first kappa shape index (κ1) is 26.5. The molecule has 1 amide bonds. The van der Waals surface area contributed by atoms with Crippen LogP contribution >= 0.6 is 23.2 Å². The van der Waals surface area contributed by atoms with Gasteiger partial charge in [-0.1, -0.05) is 35.3 Å². The smallest absolute Gasteiger partial charge is 0.257 e. The van der Waals surface area contributed by atoms with Gasteiger partial charge in [0.05, 0.1) is 50.4 Å². The first-order valence-electron chi connectivity index (χ1n) is 10.2. The summed E-state index contributed by atoms with van der Waals surface area (Å²) in [4.78, 5) is 13.4. The molecule has 8 nitrogen and oxygen atoms in total. The van der Waals surface area contributed by atoms with Gasteiger partial charge in [-0.05, 0) is 42.0 Å². The van der Waals surface area contributed by atoms with Crippen molar-refractivity contribution in [3.05, 3.63) is 75.8 Å². The summed E-state index contributed by atoms with van der Waals surface area (Å²) < 4.78 is 42.7. The molecule has 1 N–H and O–H groups in total. The van der Waals surface area contributed by atoms with Gasteiger partial charge in [0.2, 0.25) is 10.0 Å². The highest BCUT2D eigenvalue weighted by atomic mass is 35.5. The molecular weight excluding hydrogens is 515 g/mol. The SMILES string of the molecule is COc1ccc(NC(=O)c2cc(OC)c(OC)cc2N(Cc2ccc(Cl)cc2)S(C)(=O)=O)cc1Cl. The number of sulfonamides is 1. The van der Waals surface area contributed by atoms with Crippen LogP contribution in [0.5, 0.6) is 17.2 Å². The Labute approximate surface area is 214 Å². The van der Waals surface area contributed by atoms with Gasteiger partial charge in [-0.25, -0.2) is 8.42 Å². The topological polar surface area (TPSA) is 94.2 Å². The van der Waals surface area contributed by atoms with Crippen LogP contribution in [0.1, 0.15) is 15.9 Å². The predicted octanol–water partition coefficient (Wildman–Crippen LogP) is 5.24. The number of halogens is 2. The lowest BCUT2D eigenvalue weighted by Crippen LogP contribution is -2.31. The van der Waals surface area contributed by atoms with Crippen LogP contribution in [0.25, 0.3) is 0 Å². The molecule has 0 atom stereocenters. The van der Waals surface area contributed by atoms with E-state index in [1.54, 1.807) is 36.4 Å². The van der Waals surface area contributed by atoms with Gasteiger partial charge in [0, 0.05) is 16.8 Å². The van der Waals surface area contributed by atoms with Crippen molar-refractivity contribution in [2.75, 3.05) is 37.2 Å². The molecule has 0 bridgehead atoms. The van der Waals surface area contributed by atoms with E-state index in [9.17, 15) is 13.2 Å². The fraction of sp³-hybridized carbons (Fsp3) is 0.208. The number of amides is 1. The molecule has 0 saturated heterocycles. The number of ether oxygens (including phenoxy) is 3. The number of hydrogen-bond acceptors (Lipinski definition) is 6. The van der Waals surface area contributed by atoms with Crippen molar-refractivity contribution in [1.82, 2.24) is 0 Å². The van der Waals surface area contributed by atoms with Crippen LogP contribution < -0.4 is 23.8 Å². The van der Waals surface area contributed by atoms with Gasteiger partial charge in [0.1, 0.15) is 5.75 Å². The number of carbonyl (C=O) groups excluding carboxylic acids is 1. The van der Waals surface area contributed by atoms with E-state index in [0.29, 0.717) is 27.0 Å². The van der Waals surface area contributed by atoms with E-state index in [2.05, 4.69) is 5.32 Å². The number of rotatable bonds is 9. The molecule has 35 heavy (non-hydrogen) atoms. The maximum atomic E-state index is 13.4. The third-order valence-corrected chi connectivity index (χ3v) is 6.74. The van der Waals surface area contributed by atoms with E-state index in [-0.39, 0.29) is 29.3 Å². The van der Waals surface area contributed by atoms with Crippen molar-refractivity contribution in [2.24, 2.45) is 0 Å². The number of carbonyl (C=O) groups is 1. The molecule has 0 unspecified atom stereocenters. The average Bonchev–Trinajstić information content (AvgIpc) is 2.82. The number of methoxy groups -OCH3 is 3. The minimum absolute atomic E-state index is 0.0415. The molecule has 3 aromatic rings. The molecule has 0 aliphatic rings. The summed E-state index contributed by atoms with van der Waals surface area (Å²) >= 11 is 12.1. The second-order valence-electron chi connectivity index (χ2n) is 7.42. The predicted molar refractivity (Wildman–Crippen MR) is 138 cm³/mol. The van der Waals surface area contributed by atoms with Crippen molar-refractivity contribution in [3.63, 3.8) is 0 Å². The second-order valence-corrected chi connectivity index (χ2v) is 10.2. The Morgan fingerprint density at radius 1 is 0.886 bits per heavy atom. The lowest BCUT2D eigenvalue weighted by atomic mass is 10.1. The highest BCUT2D eigenvalue weighted by Crippen LogP contribution is 2.37. The lowest BCUT2D eigenvalue weighted by molar-refractivity contribution is 0.102. The van der Waals surface area contributed by atoms with Crippen molar-refractivity contribution >= 4 is 50.5 Å². The molecule has 0 saturated carbocycles. The Balaban J connectivity index is 2.11. The summed E-state index contributed by atoms with van der Waals surface area (Å²) in [5.74, 6) is 0.389. The van der Waals surface area contributed by atoms with Crippen LogP contribution in [0.3, 0.4) is 0 Å². The molecule has 0 aliphatic heterocycles. The van der Waals surface area contributed by atoms with Gasteiger partial charge in [0.25, 0.3) is 5.91 Å². The molecular formula is C24H24Cl2N2O6S. The monoisotopic (exact) mass is 538 g/mol. The van der Waals surface area contributed by atoms with E-state index in [4.69, 9.17) is 37.4 Å². The van der Waals surface area contributed by atoms with E-state index < -0.39 is 15.9 Å². The van der Waals surface area contributed by atoms with Crippen molar-refractivity contribution in [2.45, 2.75) is 6.54 Å². The summed E-state index contributed by atoms with van der Waals surface area (Å²) in [6.07, 6.45) is 1.06. The normalized spacial score (nSPS) is 11.0. The van der Waals surface area contributed by atoms with E-state index in [1.165, 1.54) is 39.5 Å². The number of benzene rings is 3. The average molecular weight is 539 g/mol. The molecule has 0 aliphatic carbocycles. The lowest BCUT2D eigenvalue weighted by Gasteiger charge is -2.26. The van der Waals surface area contributed by atoms with E-state index in [0.717, 1.165) is 10.6 Å². The van der Waals surface area contributed by atoms with E-state index >= 15 is 0 Å². The summed E-state index contributed by atoms with van der Waals surface area (Å²) in [6, 6.07) is 14.4. The van der Waals surface area contributed by atoms with Crippen LogP contribution in [0.15, 0.2) is 54.6 Å². The van der Waals surface area contributed by atoms with Crippen LogP contribution in [-0.4, -0.2) is 41.9 Å². The third kappa shape index (κ3) is 6.30. The zero-order valence-corrected chi connectivity index (χ0v) is 21.8. The number of anilines is 2. The zero-order valence-electron chi connectivity index (χ0n) is 19.5. The Morgan fingerprint density at radius 3 is 2.03 bits per heavy atom. The fourth-order valence-electron chi connectivity index (χ4n) is 3.34. The largest absolute Gasteiger partial charge is 0.495 e. The highest BCUT2D eigenvalue weighted by Gasteiger charge is 2.27. The minimum atomic E-state index is -3.83. The molecule has 0 radical (unpaired) electrons. The third-order valence-electron chi connectivity index (χ3n) is 5.06. The van der Waals surface area contributed by atoms with E-state index in [1.807, 2.05) is 0 Å². The molecule has 0 fully saturated rings. The van der Waals surface area contributed by atoms with Gasteiger partial charge < -0.3 is 19.5 Å². The number of hydrogen-bond donors (Lipinski definition) is 1. The van der Waals surface area contributed by atoms with Gasteiger partial charge in [0.15, 0.2) is 11.5 Å². The maximum absolute atomic E-state index is 13.4. The molecule has 0 heterocycles. The second kappa shape index (κ2) is 11.1. The molecule has 0 aromatic heterocycles. The Morgan fingerprint density at radius 2 is 1.49 bits per heavy atom. The van der Waals surface area contributed by atoms with Crippen LogP contribution in [-0.2, 0) is 16.6 Å². The van der Waals surface area contributed by atoms with Crippen molar-refractivity contribution in [1.29, 1.82) is 0 Å². The molecule has 186 valence electrons. The highest BCUT2D eigenvalue weighted by molar-refractivity contribution is 7.92. The standard InChI is InChI=1S/C24H24Cl2N2O6S/c1-32-21-10-9-17(11-19(21)26)27-24(29)18-12-22(33-2)23(34-3)13-20(18)28(35(4,30)31)14-15-5-7-16(25)8-6-15/h5-13H,14H2,1-4H3,(H,27,29). The van der Waals surface area contributed by atoms with Crippen LogP contribution in [0.2, 0.25) is 10.0 Å². The van der Waals surface area contributed by atoms with Gasteiger partial charge >= 0.3 is 0 Å². The molecule has 0 spiro atoms. The molecule has 11 heteroatoms. The van der Waals surface area contributed by atoms with Crippen LogP contribution in [0.4, 0.5) is 11.4 Å². The minimum Gasteiger partial charge on any atom is -0.495 e. The first-order chi connectivity index (χ1) is 16.6. The zero-order chi connectivity index (χ0) is 25.8. The molecule has 3 aromatic carbocycles. The van der Waals surface area contributed by atoms with Gasteiger partial charge in [-0.2, -0.15) is 0 Å². The number of nitrogens with zero attached hydrogens (tertiary/aromatic N) is 1. The van der Waals surface area contributed by atoms with Gasteiger partial charge in [-0.15, -0.1) is 0 Å². The molecule has 3 rings (SSSR count). The van der Waals surface area contributed by atoms with Crippen LogP contribution in [0, 0.1) is 0 Å². The maximum Gasteiger partial charge on any atom is 0.257 e. The summed E-state index contributed by atoms with van der Waals surface area (Å²) in [5, 5.41) is 3.56. The van der Waals surface area contributed by atoms with Gasteiger partial charge in [-0.3, -0.25) is 9.10 Å². The fourth-order valence-corrected chi connectivity index (χ4v) is 4.61. The quantitative estimate of drug-likeness (QED) is 0.400. The first-order valence-corrected chi connectivity index (χ1v) is 12.8. The van der Waals surface area contributed by atoms with Crippen molar-refractivity contribution < 1.29 is 27.4 Å². The van der Waals surface area contributed by atoms with Crippen molar-refractivity contribution in [3.8, 4) is 17.2 Å². The Hall–Kier alpha value is -3.14. The summed E-state index contributed by atoms with van der Waals surface area (Å²) in [6.45, 7) is -0.0415. The summed E-state index contributed by atoms with van der Waals surface area (Å²) in [7, 11) is 0.495. The Kier molecular flexibility index (Phi) is 8.37. The number of nitrogens with one attached hydrogen (secondary N) is 1.